The van der Waals surface area contributed by atoms with E-state index in [9.17, 15) is 26.7 Å². The van der Waals surface area contributed by atoms with Crippen LogP contribution < -0.4 is 5.32 Å². The van der Waals surface area contributed by atoms with Crippen molar-refractivity contribution in [3.63, 3.8) is 0 Å². The highest BCUT2D eigenvalue weighted by molar-refractivity contribution is 9.10. The van der Waals surface area contributed by atoms with Gasteiger partial charge in [0.1, 0.15) is 0 Å². The second-order valence-corrected chi connectivity index (χ2v) is 11.6. The van der Waals surface area contributed by atoms with E-state index in [4.69, 9.17) is 0 Å². The van der Waals surface area contributed by atoms with Crippen LogP contribution in [0.2, 0.25) is 0 Å². The maximum atomic E-state index is 12.9. The van der Waals surface area contributed by atoms with Gasteiger partial charge in [-0.1, -0.05) is 30.3 Å². The molecule has 0 bridgehead atoms. The number of nitrogens with one attached hydrogen (secondary N) is 1. The molecule has 0 fully saturated rings. The van der Waals surface area contributed by atoms with Crippen LogP contribution >= 0.6 is 15.9 Å². The van der Waals surface area contributed by atoms with Gasteiger partial charge in [0.2, 0.25) is 10.0 Å². The molecule has 2 rings (SSSR count). The van der Waals surface area contributed by atoms with Crippen molar-refractivity contribution < 1.29 is 26.7 Å². The Labute approximate surface area is 202 Å². The SMILES string of the molecule is CN(C[C@H](O)CNC(C)(C)CCCc1ccccc1)S(=O)(=O)c1ccc(C(F)(F)F)cc1Br. The summed E-state index contributed by atoms with van der Waals surface area (Å²) in [5, 5.41) is 13.7. The van der Waals surface area contributed by atoms with Gasteiger partial charge in [0, 0.05) is 30.1 Å². The second kappa shape index (κ2) is 11.3. The number of benzene rings is 2. The van der Waals surface area contributed by atoms with Crippen molar-refractivity contribution >= 4 is 26.0 Å². The Bertz CT molecular complexity index is 1020. The third-order valence-electron chi connectivity index (χ3n) is 5.34. The Morgan fingerprint density at radius 1 is 1.12 bits per heavy atom. The maximum absolute atomic E-state index is 12.9. The van der Waals surface area contributed by atoms with E-state index in [1.807, 2.05) is 32.0 Å². The number of likely N-dealkylation sites (N-methyl/N-ethyl adjacent to an activating group) is 1. The van der Waals surface area contributed by atoms with Crippen molar-refractivity contribution in [1.82, 2.24) is 9.62 Å². The van der Waals surface area contributed by atoms with Crippen LogP contribution in [0.1, 0.15) is 37.8 Å². The van der Waals surface area contributed by atoms with E-state index in [0.29, 0.717) is 0 Å². The first-order valence-electron chi connectivity index (χ1n) is 10.5. The number of hydrogen-bond donors (Lipinski definition) is 2. The zero-order chi connectivity index (χ0) is 24.9. The van der Waals surface area contributed by atoms with E-state index in [2.05, 4.69) is 33.4 Å². The van der Waals surface area contributed by atoms with E-state index in [1.54, 1.807) is 0 Å². The van der Waals surface area contributed by atoms with Crippen molar-refractivity contribution in [2.75, 3.05) is 20.1 Å². The molecule has 0 aliphatic heterocycles. The molecular formula is C23H30BrF3N2O3S. The van der Waals surface area contributed by atoms with Gasteiger partial charge in [0.05, 0.1) is 16.6 Å². The van der Waals surface area contributed by atoms with Crippen LogP contribution in [0, 0.1) is 0 Å². The van der Waals surface area contributed by atoms with Gasteiger partial charge in [-0.25, -0.2) is 8.42 Å². The summed E-state index contributed by atoms with van der Waals surface area (Å²) in [6.07, 6.45) is -2.81. The van der Waals surface area contributed by atoms with E-state index in [1.165, 1.54) is 12.6 Å². The number of rotatable bonds is 11. The summed E-state index contributed by atoms with van der Waals surface area (Å²) < 4.78 is 64.9. The van der Waals surface area contributed by atoms with Crippen LogP contribution in [-0.2, 0) is 22.6 Å². The summed E-state index contributed by atoms with van der Waals surface area (Å²) >= 11 is 2.93. The van der Waals surface area contributed by atoms with Gasteiger partial charge in [-0.15, -0.1) is 0 Å². The second-order valence-electron chi connectivity index (χ2n) is 8.69. The highest BCUT2D eigenvalue weighted by atomic mass is 79.9. The highest BCUT2D eigenvalue weighted by Crippen LogP contribution is 2.34. The fourth-order valence-corrected chi connectivity index (χ4v) is 5.62. The number of sulfonamides is 1. The van der Waals surface area contributed by atoms with E-state index >= 15 is 0 Å². The molecule has 0 radical (unpaired) electrons. The van der Waals surface area contributed by atoms with Crippen LogP contribution in [0.5, 0.6) is 0 Å². The number of nitrogens with zero attached hydrogens (tertiary/aromatic N) is 1. The van der Waals surface area contributed by atoms with E-state index < -0.39 is 27.9 Å². The minimum absolute atomic E-state index is 0.173. The Balaban J connectivity index is 1.90. The molecule has 0 saturated heterocycles. The van der Waals surface area contributed by atoms with Crippen LogP contribution in [-0.4, -0.2) is 49.6 Å². The van der Waals surface area contributed by atoms with Crippen LogP contribution in [0.3, 0.4) is 0 Å². The minimum atomic E-state index is -4.58. The molecule has 184 valence electrons. The Kier molecular flexibility index (Phi) is 9.52. The molecule has 0 aliphatic rings. The van der Waals surface area contributed by atoms with Gasteiger partial charge < -0.3 is 10.4 Å². The number of β-amino-alcohol motifs (C(OH)–C–C–N with tert-alkyl or cyclic N) is 1. The molecule has 10 heteroatoms. The highest BCUT2D eigenvalue weighted by Gasteiger charge is 2.33. The third kappa shape index (κ3) is 8.36. The normalized spacial score (nSPS) is 14.0. The first-order chi connectivity index (χ1) is 15.2. The number of aliphatic hydroxyl groups is 1. The summed E-state index contributed by atoms with van der Waals surface area (Å²) in [4.78, 5) is -0.292. The number of aliphatic hydroxyl groups excluding tert-OH is 1. The summed E-state index contributed by atoms with van der Waals surface area (Å²) in [5.41, 5.74) is 0.0493. The van der Waals surface area contributed by atoms with Gasteiger partial charge in [-0.05, 0) is 72.8 Å². The predicted octanol–water partition coefficient (Wildman–Crippen LogP) is 4.84. The fourth-order valence-electron chi connectivity index (χ4n) is 3.38. The zero-order valence-corrected chi connectivity index (χ0v) is 21.3. The molecule has 0 unspecified atom stereocenters. The standard InChI is InChI=1S/C23H30BrF3N2O3S/c1-22(2,13-7-10-17-8-5-4-6-9-17)28-15-19(30)16-29(3)33(31,32)21-12-11-18(14-20(21)24)23(25,26)27/h4-6,8-9,11-12,14,19,28,30H,7,10,13,15-16H2,1-3H3/t19-/m1/s1. The summed E-state index contributed by atoms with van der Waals surface area (Å²) in [5.74, 6) is 0. The van der Waals surface area contributed by atoms with Gasteiger partial charge in [0.15, 0.2) is 0 Å². The topological polar surface area (TPSA) is 69.6 Å². The average molecular weight is 551 g/mol. The van der Waals surface area contributed by atoms with Crippen molar-refractivity contribution in [2.24, 2.45) is 0 Å². The van der Waals surface area contributed by atoms with E-state index in [0.717, 1.165) is 41.8 Å². The summed E-state index contributed by atoms with van der Waals surface area (Å²) in [7, 11) is -2.81. The molecule has 0 aliphatic carbocycles. The lowest BCUT2D eigenvalue weighted by atomic mass is 9.95. The van der Waals surface area contributed by atoms with Gasteiger partial charge in [-0.2, -0.15) is 17.5 Å². The van der Waals surface area contributed by atoms with Crippen LogP contribution in [0.25, 0.3) is 0 Å². The third-order valence-corrected chi connectivity index (χ3v) is 8.14. The molecule has 0 heterocycles. The molecule has 2 aromatic carbocycles. The number of halogens is 4. The zero-order valence-electron chi connectivity index (χ0n) is 18.9. The molecule has 0 amide bonds. The van der Waals surface area contributed by atoms with Crippen molar-refractivity contribution in [2.45, 2.75) is 55.8 Å². The number of alkyl halides is 3. The minimum Gasteiger partial charge on any atom is -0.390 e. The molecule has 1 atom stereocenters. The lowest BCUT2D eigenvalue weighted by Crippen LogP contribution is -2.46. The van der Waals surface area contributed by atoms with Crippen molar-refractivity contribution in [3.8, 4) is 0 Å². The van der Waals surface area contributed by atoms with Gasteiger partial charge in [-0.3, -0.25) is 0 Å². The molecule has 2 aromatic rings. The quantitative estimate of drug-likeness (QED) is 0.420. The molecule has 33 heavy (non-hydrogen) atoms. The van der Waals surface area contributed by atoms with Gasteiger partial charge in [0.25, 0.3) is 0 Å². The monoisotopic (exact) mass is 550 g/mol. The maximum Gasteiger partial charge on any atom is 0.416 e. The lowest BCUT2D eigenvalue weighted by Gasteiger charge is -2.29. The summed E-state index contributed by atoms with van der Waals surface area (Å²) in [6, 6.07) is 12.5. The first kappa shape index (κ1) is 27.8. The Morgan fingerprint density at radius 2 is 1.76 bits per heavy atom. The smallest absolute Gasteiger partial charge is 0.390 e. The van der Waals surface area contributed by atoms with Crippen LogP contribution in [0.4, 0.5) is 13.2 Å². The van der Waals surface area contributed by atoms with Crippen LogP contribution in [0.15, 0.2) is 57.9 Å². The Morgan fingerprint density at radius 3 is 2.33 bits per heavy atom. The first-order valence-corrected chi connectivity index (χ1v) is 12.8. The lowest BCUT2D eigenvalue weighted by molar-refractivity contribution is -0.137. The molecule has 0 spiro atoms. The molecule has 2 N–H and O–H groups in total. The molecule has 0 aromatic heterocycles. The predicted molar refractivity (Wildman–Crippen MR) is 126 cm³/mol. The van der Waals surface area contributed by atoms with Crippen molar-refractivity contribution in [3.05, 3.63) is 64.1 Å². The Hall–Kier alpha value is -1.46. The molecule has 0 saturated carbocycles. The molecule has 5 nitrogen and oxygen atoms in total. The summed E-state index contributed by atoms with van der Waals surface area (Å²) in [6.45, 7) is 4.00. The van der Waals surface area contributed by atoms with Gasteiger partial charge >= 0.3 is 6.18 Å². The van der Waals surface area contributed by atoms with Crippen molar-refractivity contribution in [1.29, 1.82) is 0 Å². The molecular weight excluding hydrogens is 521 g/mol. The number of aryl methyl sites for hydroxylation is 1. The van der Waals surface area contributed by atoms with E-state index in [-0.39, 0.29) is 28.0 Å². The average Bonchev–Trinajstić information content (AvgIpc) is 2.72. The fraction of sp³-hybridized carbons (Fsp3) is 0.478. The number of hydrogen-bond acceptors (Lipinski definition) is 4. The largest absolute Gasteiger partial charge is 0.416 e.